The molecule has 80 valence electrons. The van der Waals surface area contributed by atoms with Crippen LogP contribution in [0.25, 0.3) is 0 Å². The fraction of sp³-hybridized carbons (Fsp3) is 0.900. The number of hydrogen-bond donors (Lipinski definition) is 1. The smallest absolute Gasteiger partial charge is 0.303 e. The topological polar surface area (TPSA) is 49.8 Å². The first-order valence-electron chi connectivity index (χ1n) is 5.29. The molecule has 0 saturated carbocycles. The van der Waals surface area contributed by atoms with Crippen molar-refractivity contribution in [3.8, 4) is 0 Å². The highest BCUT2D eigenvalue weighted by Gasteiger charge is 2.34. The van der Waals surface area contributed by atoms with E-state index in [-0.39, 0.29) is 0 Å². The molecule has 0 aliphatic carbocycles. The molecule has 0 spiro atoms. The van der Waals surface area contributed by atoms with Gasteiger partial charge in [0, 0.05) is 25.7 Å². The Labute approximate surface area is 83.8 Å². The third-order valence-corrected chi connectivity index (χ3v) is 3.10. The Hall–Kier alpha value is -0.610. The highest BCUT2D eigenvalue weighted by atomic mass is 16.5. The zero-order valence-electron chi connectivity index (χ0n) is 8.32. The number of carboxylic acid groups (broad SMARTS) is 1. The summed E-state index contributed by atoms with van der Waals surface area (Å²) in [5.41, 5.74) is 0. The third kappa shape index (κ3) is 2.25. The van der Waals surface area contributed by atoms with Crippen LogP contribution in [-0.2, 0) is 9.53 Å². The SMILES string of the molecule is O=C(O)CC1CN(C2CCCOC2)C1. The first-order valence-corrected chi connectivity index (χ1v) is 5.29. The van der Waals surface area contributed by atoms with Crippen molar-refractivity contribution in [2.75, 3.05) is 26.3 Å². The van der Waals surface area contributed by atoms with Gasteiger partial charge < -0.3 is 9.84 Å². The maximum absolute atomic E-state index is 10.4. The average molecular weight is 199 g/mol. The maximum Gasteiger partial charge on any atom is 0.303 e. The summed E-state index contributed by atoms with van der Waals surface area (Å²) in [7, 11) is 0. The Bertz CT molecular complexity index is 207. The Morgan fingerprint density at radius 1 is 1.50 bits per heavy atom. The molecule has 2 heterocycles. The summed E-state index contributed by atoms with van der Waals surface area (Å²) in [5, 5.41) is 8.60. The van der Waals surface area contributed by atoms with Crippen molar-refractivity contribution < 1.29 is 14.6 Å². The van der Waals surface area contributed by atoms with Gasteiger partial charge in [-0.25, -0.2) is 0 Å². The molecule has 0 aromatic carbocycles. The first-order chi connectivity index (χ1) is 6.75. The van der Waals surface area contributed by atoms with Gasteiger partial charge in [-0.2, -0.15) is 0 Å². The molecule has 14 heavy (non-hydrogen) atoms. The van der Waals surface area contributed by atoms with Crippen LogP contribution in [0.1, 0.15) is 19.3 Å². The van der Waals surface area contributed by atoms with Gasteiger partial charge >= 0.3 is 5.97 Å². The van der Waals surface area contributed by atoms with Crippen molar-refractivity contribution in [3.05, 3.63) is 0 Å². The molecule has 2 aliphatic rings. The minimum absolute atomic E-state index is 0.323. The van der Waals surface area contributed by atoms with Gasteiger partial charge in [0.2, 0.25) is 0 Å². The van der Waals surface area contributed by atoms with Crippen molar-refractivity contribution in [1.82, 2.24) is 4.90 Å². The molecule has 0 aromatic rings. The van der Waals surface area contributed by atoms with Crippen LogP contribution in [0.3, 0.4) is 0 Å². The highest BCUT2D eigenvalue weighted by Crippen LogP contribution is 2.25. The lowest BCUT2D eigenvalue weighted by atomic mass is 9.93. The fourth-order valence-electron chi connectivity index (χ4n) is 2.30. The molecule has 2 saturated heterocycles. The van der Waals surface area contributed by atoms with Crippen LogP contribution in [0.2, 0.25) is 0 Å². The van der Waals surface area contributed by atoms with E-state index in [1.807, 2.05) is 0 Å². The molecule has 1 unspecified atom stereocenters. The molecule has 2 rings (SSSR count). The fourth-order valence-corrected chi connectivity index (χ4v) is 2.30. The van der Waals surface area contributed by atoms with Crippen molar-refractivity contribution in [2.24, 2.45) is 5.92 Å². The van der Waals surface area contributed by atoms with Gasteiger partial charge in [-0.1, -0.05) is 0 Å². The van der Waals surface area contributed by atoms with Crippen LogP contribution in [0.5, 0.6) is 0 Å². The Morgan fingerprint density at radius 2 is 2.29 bits per heavy atom. The quantitative estimate of drug-likeness (QED) is 0.722. The predicted molar refractivity (Wildman–Crippen MR) is 51.2 cm³/mol. The third-order valence-electron chi connectivity index (χ3n) is 3.10. The normalized spacial score (nSPS) is 29.9. The minimum Gasteiger partial charge on any atom is -0.481 e. The van der Waals surface area contributed by atoms with E-state index in [2.05, 4.69) is 4.90 Å². The summed E-state index contributed by atoms with van der Waals surface area (Å²) >= 11 is 0. The average Bonchev–Trinajstić information content (AvgIpc) is 2.12. The molecule has 0 bridgehead atoms. The largest absolute Gasteiger partial charge is 0.481 e. The van der Waals surface area contributed by atoms with E-state index >= 15 is 0 Å². The van der Waals surface area contributed by atoms with Crippen LogP contribution in [-0.4, -0.2) is 48.3 Å². The molecule has 0 amide bonds. The van der Waals surface area contributed by atoms with E-state index in [1.165, 1.54) is 6.42 Å². The van der Waals surface area contributed by atoms with E-state index in [1.54, 1.807) is 0 Å². The Balaban J connectivity index is 1.68. The summed E-state index contributed by atoms with van der Waals surface area (Å²) < 4.78 is 5.40. The van der Waals surface area contributed by atoms with Crippen molar-refractivity contribution >= 4 is 5.97 Å². The second kappa shape index (κ2) is 4.28. The van der Waals surface area contributed by atoms with Gasteiger partial charge in [0.1, 0.15) is 0 Å². The first kappa shape index (κ1) is 9.93. The van der Waals surface area contributed by atoms with Gasteiger partial charge in [-0.05, 0) is 18.8 Å². The second-order valence-electron chi connectivity index (χ2n) is 4.29. The molecule has 0 radical (unpaired) electrons. The lowest BCUT2D eigenvalue weighted by Crippen LogP contribution is -2.54. The van der Waals surface area contributed by atoms with Crippen molar-refractivity contribution in [2.45, 2.75) is 25.3 Å². The summed E-state index contributed by atoms with van der Waals surface area (Å²) in [6.07, 6.45) is 2.68. The number of rotatable bonds is 3. The highest BCUT2D eigenvalue weighted by molar-refractivity contribution is 5.67. The maximum atomic E-state index is 10.4. The van der Waals surface area contributed by atoms with E-state index in [0.717, 1.165) is 32.7 Å². The molecule has 4 heteroatoms. The Kier molecular flexibility index (Phi) is 3.03. The van der Waals surface area contributed by atoms with Crippen LogP contribution >= 0.6 is 0 Å². The molecule has 1 atom stereocenters. The van der Waals surface area contributed by atoms with Crippen LogP contribution in [0.4, 0.5) is 0 Å². The molecular formula is C10H17NO3. The lowest BCUT2D eigenvalue weighted by Gasteiger charge is -2.45. The van der Waals surface area contributed by atoms with Crippen molar-refractivity contribution in [3.63, 3.8) is 0 Å². The monoisotopic (exact) mass is 199 g/mol. The molecule has 1 N–H and O–H groups in total. The van der Waals surface area contributed by atoms with Gasteiger partial charge in [0.15, 0.2) is 0 Å². The zero-order chi connectivity index (χ0) is 9.97. The van der Waals surface area contributed by atoms with E-state index in [9.17, 15) is 4.79 Å². The standard InChI is InChI=1S/C10H17NO3/c12-10(13)4-8-5-11(6-8)9-2-1-3-14-7-9/h8-9H,1-7H2,(H,12,13). The summed E-state index contributed by atoms with van der Waals surface area (Å²) in [5.74, 6) is -0.302. The number of ether oxygens (including phenoxy) is 1. The van der Waals surface area contributed by atoms with Gasteiger partial charge in [-0.15, -0.1) is 0 Å². The number of hydrogen-bond acceptors (Lipinski definition) is 3. The molecule has 4 nitrogen and oxygen atoms in total. The number of nitrogens with zero attached hydrogens (tertiary/aromatic N) is 1. The van der Waals surface area contributed by atoms with Crippen LogP contribution in [0.15, 0.2) is 0 Å². The lowest BCUT2D eigenvalue weighted by molar-refractivity contribution is -0.140. The van der Waals surface area contributed by atoms with E-state index < -0.39 is 5.97 Å². The molecule has 2 fully saturated rings. The Morgan fingerprint density at radius 3 is 2.86 bits per heavy atom. The molecular weight excluding hydrogens is 182 g/mol. The molecule has 0 aromatic heterocycles. The van der Waals surface area contributed by atoms with E-state index in [0.29, 0.717) is 18.4 Å². The molecule has 2 aliphatic heterocycles. The number of carboxylic acids is 1. The van der Waals surface area contributed by atoms with Gasteiger partial charge in [0.25, 0.3) is 0 Å². The summed E-state index contributed by atoms with van der Waals surface area (Å²) in [4.78, 5) is 12.8. The van der Waals surface area contributed by atoms with Gasteiger partial charge in [0.05, 0.1) is 13.0 Å². The van der Waals surface area contributed by atoms with Crippen molar-refractivity contribution in [1.29, 1.82) is 0 Å². The zero-order valence-corrected chi connectivity index (χ0v) is 8.32. The predicted octanol–water partition coefficient (Wildman–Crippen LogP) is 0.572. The van der Waals surface area contributed by atoms with Gasteiger partial charge in [-0.3, -0.25) is 9.69 Å². The van der Waals surface area contributed by atoms with Crippen LogP contribution < -0.4 is 0 Å². The minimum atomic E-state index is -0.672. The van der Waals surface area contributed by atoms with Crippen LogP contribution in [0, 0.1) is 5.92 Å². The summed E-state index contributed by atoms with van der Waals surface area (Å²) in [6, 6.07) is 0.550. The van der Waals surface area contributed by atoms with E-state index in [4.69, 9.17) is 9.84 Å². The second-order valence-corrected chi connectivity index (χ2v) is 4.29. The summed E-state index contributed by atoms with van der Waals surface area (Å²) in [6.45, 7) is 3.61. The number of likely N-dealkylation sites (tertiary alicyclic amines) is 1. The number of aliphatic carboxylic acids is 1. The number of carbonyl (C=O) groups is 1.